The van der Waals surface area contributed by atoms with Crippen LogP contribution in [0.25, 0.3) is 0 Å². The molecule has 6 nitrogen and oxygen atoms in total. The van der Waals surface area contributed by atoms with Crippen LogP contribution in [0.4, 0.5) is 0 Å². The summed E-state index contributed by atoms with van der Waals surface area (Å²) < 4.78 is 36.0. The zero-order valence-electron chi connectivity index (χ0n) is 16.3. The van der Waals surface area contributed by atoms with Crippen molar-refractivity contribution in [1.29, 1.82) is 0 Å². The number of furan rings is 1. The summed E-state index contributed by atoms with van der Waals surface area (Å²) in [7, 11) is -3.53. The number of hydrogen-bond donors (Lipinski definition) is 1. The van der Waals surface area contributed by atoms with Crippen LogP contribution in [0.3, 0.4) is 0 Å². The smallest absolute Gasteiger partial charge is 0.287 e. The number of aryl methyl sites for hydroxylation is 2. The van der Waals surface area contributed by atoms with Crippen molar-refractivity contribution >= 4 is 15.7 Å². The topological polar surface area (TPSA) is 85.6 Å². The molecule has 0 bridgehead atoms. The van der Waals surface area contributed by atoms with Gasteiger partial charge in [0.1, 0.15) is 23.9 Å². The molecule has 0 atom stereocenters. The van der Waals surface area contributed by atoms with Gasteiger partial charge in [0.15, 0.2) is 15.6 Å². The Labute approximate surface area is 170 Å². The summed E-state index contributed by atoms with van der Waals surface area (Å²) in [6, 6.07) is 17.0. The fraction of sp³-hybridized carbons (Fsp3) is 0.227. The standard InChI is InChI=1S/C22H23NO5S/c1-16-7-6-8-17(2)21(16)27-14-13-23-22(24)20-12-11-18(28-20)15-29(25,26)19-9-4-3-5-10-19/h3-12H,13-15H2,1-2H3,(H,23,24). The van der Waals surface area contributed by atoms with Gasteiger partial charge in [-0.15, -0.1) is 0 Å². The molecule has 0 fully saturated rings. The number of sulfone groups is 1. The first kappa shape index (κ1) is 20.7. The van der Waals surface area contributed by atoms with Crippen LogP contribution < -0.4 is 10.1 Å². The molecule has 0 radical (unpaired) electrons. The van der Waals surface area contributed by atoms with Crippen molar-refractivity contribution < 1.29 is 22.4 Å². The van der Waals surface area contributed by atoms with Gasteiger partial charge in [-0.1, -0.05) is 36.4 Å². The first-order valence-electron chi connectivity index (χ1n) is 9.20. The maximum Gasteiger partial charge on any atom is 0.287 e. The molecule has 3 aromatic rings. The first-order chi connectivity index (χ1) is 13.9. The molecule has 1 N–H and O–H groups in total. The lowest BCUT2D eigenvalue weighted by molar-refractivity contribution is 0.0917. The van der Waals surface area contributed by atoms with Crippen LogP contribution >= 0.6 is 0 Å². The monoisotopic (exact) mass is 413 g/mol. The highest BCUT2D eigenvalue weighted by Gasteiger charge is 2.19. The molecule has 0 spiro atoms. The molecule has 0 saturated carbocycles. The molecule has 1 heterocycles. The van der Waals surface area contributed by atoms with Crippen LogP contribution in [-0.2, 0) is 15.6 Å². The molecule has 1 amide bonds. The number of carbonyl (C=O) groups is 1. The van der Waals surface area contributed by atoms with E-state index in [9.17, 15) is 13.2 Å². The van der Waals surface area contributed by atoms with Crippen molar-refractivity contribution in [3.05, 3.63) is 83.3 Å². The summed E-state index contributed by atoms with van der Waals surface area (Å²) in [5, 5.41) is 2.71. The Hall–Kier alpha value is -3.06. The van der Waals surface area contributed by atoms with E-state index in [4.69, 9.17) is 9.15 Å². The van der Waals surface area contributed by atoms with Crippen LogP contribution in [0.15, 0.2) is 70.0 Å². The molecule has 1 aromatic heterocycles. The number of rotatable bonds is 8. The van der Waals surface area contributed by atoms with Gasteiger partial charge in [0.05, 0.1) is 11.4 Å². The molecule has 3 rings (SSSR count). The number of amides is 1. The minimum atomic E-state index is -3.53. The normalized spacial score (nSPS) is 11.2. The number of para-hydroxylation sites is 1. The predicted molar refractivity (Wildman–Crippen MR) is 110 cm³/mol. The second-order valence-electron chi connectivity index (χ2n) is 6.66. The van der Waals surface area contributed by atoms with Crippen molar-refractivity contribution in [3.8, 4) is 5.75 Å². The van der Waals surface area contributed by atoms with Gasteiger partial charge in [0.25, 0.3) is 5.91 Å². The second kappa shape index (κ2) is 8.96. The number of carbonyl (C=O) groups excluding carboxylic acids is 1. The Morgan fingerprint density at radius 2 is 1.66 bits per heavy atom. The highest BCUT2D eigenvalue weighted by atomic mass is 32.2. The van der Waals surface area contributed by atoms with Crippen LogP contribution in [0.5, 0.6) is 5.75 Å². The summed E-state index contributed by atoms with van der Waals surface area (Å²) in [5.74, 6) is 0.368. The molecule has 0 unspecified atom stereocenters. The highest BCUT2D eigenvalue weighted by Crippen LogP contribution is 2.22. The third-order valence-electron chi connectivity index (χ3n) is 4.36. The molecule has 0 saturated heterocycles. The molecular formula is C22H23NO5S. The largest absolute Gasteiger partial charge is 0.491 e. The summed E-state index contributed by atoms with van der Waals surface area (Å²) in [5.41, 5.74) is 2.07. The molecule has 2 aromatic carbocycles. The van der Waals surface area contributed by atoms with Gasteiger partial charge in [0, 0.05) is 0 Å². The fourth-order valence-corrected chi connectivity index (χ4v) is 4.18. The molecule has 0 aliphatic carbocycles. The van der Waals surface area contributed by atoms with E-state index in [1.807, 2.05) is 32.0 Å². The van der Waals surface area contributed by atoms with Crippen LogP contribution in [0.2, 0.25) is 0 Å². The number of ether oxygens (including phenoxy) is 1. The van der Waals surface area contributed by atoms with E-state index in [1.165, 1.54) is 24.3 Å². The minimum absolute atomic E-state index is 0.0651. The van der Waals surface area contributed by atoms with Crippen molar-refractivity contribution in [2.24, 2.45) is 0 Å². The van der Waals surface area contributed by atoms with Crippen molar-refractivity contribution in [2.45, 2.75) is 24.5 Å². The fourth-order valence-electron chi connectivity index (χ4n) is 2.91. The van der Waals surface area contributed by atoms with Gasteiger partial charge in [0.2, 0.25) is 0 Å². The SMILES string of the molecule is Cc1cccc(C)c1OCCNC(=O)c1ccc(CS(=O)(=O)c2ccccc2)o1. The first-order valence-corrected chi connectivity index (χ1v) is 10.9. The van der Waals surface area contributed by atoms with Crippen LogP contribution in [0.1, 0.15) is 27.4 Å². The second-order valence-corrected chi connectivity index (χ2v) is 8.65. The lowest BCUT2D eigenvalue weighted by Gasteiger charge is -2.12. The Bertz CT molecular complexity index is 1070. The molecule has 7 heteroatoms. The lowest BCUT2D eigenvalue weighted by atomic mass is 10.1. The minimum Gasteiger partial charge on any atom is -0.491 e. The van der Waals surface area contributed by atoms with E-state index >= 15 is 0 Å². The Morgan fingerprint density at radius 1 is 0.966 bits per heavy atom. The summed E-state index contributed by atoms with van der Waals surface area (Å²) in [6.45, 7) is 4.54. The lowest BCUT2D eigenvalue weighted by Crippen LogP contribution is -2.27. The zero-order chi connectivity index (χ0) is 20.9. The zero-order valence-corrected chi connectivity index (χ0v) is 17.2. The van der Waals surface area contributed by atoms with E-state index in [1.54, 1.807) is 18.2 Å². The van der Waals surface area contributed by atoms with Gasteiger partial charge >= 0.3 is 0 Å². The van der Waals surface area contributed by atoms with Crippen molar-refractivity contribution in [3.63, 3.8) is 0 Å². The molecule has 152 valence electrons. The summed E-state index contributed by atoms with van der Waals surface area (Å²) in [4.78, 5) is 12.4. The Morgan fingerprint density at radius 3 is 2.34 bits per heavy atom. The Kier molecular flexibility index (Phi) is 6.39. The number of benzene rings is 2. The highest BCUT2D eigenvalue weighted by molar-refractivity contribution is 7.90. The average molecular weight is 413 g/mol. The summed E-state index contributed by atoms with van der Waals surface area (Å²) >= 11 is 0. The van der Waals surface area contributed by atoms with Crippen LogP contribution in [0, 0.1) is 13.8 Å². The van der Waals surface area contributed by atoms with Gasteiger partial charge in [-0.3, -0.25) is 4.79 Å². The van der Waals surface area contributed by atoms with E-state index in [-0.39, 0.29) is 22.2 Å². The number of hydrogen-bond acceptors (Lipinski definition) is 5. The summed E-state index contributed by atoms with van der Waals surface area (Å²) in [6.07, 6.45) is 0. The molecular weight excluding hydrogens is 390 g/mol. The molecule has 0 aliphatic heterocycles. The van der Waals surface area contributed by atoms with Crippen LogP contribution in [-0.4, -0.2) is 27.5 Å². The maximum atomic E-state index is 12.4. The van der Waals surface area contributed by atoms with Gasteiger partial charge in [-0.05, 0) is 49.2 Å². The van der Waals surface area contributed by atoms with Gasteiger partial charge < -0.3 is 14.5 Å². The van der Waals surface area contributed by atoms with E-state index < -0.39 is 15.7 Å². The van der Waals surface area contributed by atoms with Crippen molar-refractivity contribution in [2.75, 3.05) is 13.2 Å². The van der Waals surface area contributed by atoms with E-state index in [0.29, 0.717) is 13.2 Å². The molecule has 0 aliphatic rings. The van der Waals surface area contributed by atoms with E-state index in [2.05, 4.69) is 5.32 Å². The van der Waals surface area contributed by atoms with Crippen molar-refractivity contribution in [1.82, 2.24) is 5.32 Å². The third-order valence-corrected chi connectivity index (χ3v) is 6.02. The number of nitrogens with one attached hydrogen (secondary N) is 1. The van der Waals surface area contributed by atoms with Gasteiger partial charge in [-0.2, -0.15) is 0 Å². The van der Waals surface area contributed by atoms with Gasteiger partial charge in [-0.25, -0.2) is 8.42 Å². The molecule has 29 heavy (non-hydrogen) atoms. The Balaban J connectivity index is 1.53. The quantitative estimate of drug-likeness (QED) is 0.570. The third kappa shape index (κ3) is 5.26. The maximum absolute atomic E-state index is 12.4. The van der Waals surface area contributed by atoms with E-state index in [0.717, 1.165) is 16.9 Å². The average Bonchev–Trinajstić information content (AvgIpc) is 3.15. The predicted octanol–water partition coefficient (Wildman–Crippen LogP) is 3.68.